The third-order valence-electron chi connectivity index (χ3n) is 6.10. The van der Waals surface area contributed by atoms with Gasteiger partial charge in [-0.3, -0.25) is 9.79 Å². The maximum atomic E-state index is 12.2. The first kappa shape index (κ1) is 18.8. The van der Waals surface area contributed by atoms with Crippen molar-refractivity contribution in [1.29, 1.82) is 5.26 Å². The average molecular weight is 360 g/mol. The number of likely N-dealkylation sites (tertiary alicyclic amines) is 1. The summed E-state index contributed by atoms with van der Waals surface area (Å²) in [5.41, 5.74) is 0. The number of nitriles is 1. The molecule has 1 saturated carbocycles. The molecule has 1 aliphatic carbocycles. The normalized spacial score (nSPS) is 28.7. The molecule has 2 heterocycles. The van der Waals surface area contributed by atoms with Crippen molar-refractivity contribution in [3.8, 4) is 6.07 Å². The summed E-state index contributed by atoms with van der Waals surface area (Å²) in [4.78, 5) is 32.7. The van der Waals surface area contributed by atoms with Gasteiger partial charge in [0.15, 0.2) is 0 Å². The predicted molar refractivity (Wildman–Crippen MR) is 97.0 cm³/mol. The number of hydrogen-bond acceptors (Lipinski definition) is 4. The second kappa shape index (κ2) is 8.17. The Morgan fingerprint density at radius 2 is 1.69 bits per heavy atom. The lowest BCUT2D eigenvalue weighted by atomic mass is 9.88. The maximum Gasteiger partial charge on any atom is 0.417 e. The van der Waals surface area contributed by atoms with Crippen LogP contribution in [0.2, 0.25) is 0 Å². The molecule has 1 atom stereocenters. The topological polar surface area (TPSA) is 81.6 Å². The number of amides is 3. The van der Waals surface area contributed by atoms with Crippen LogP contribution in [0.5, 0.6) is 0 Å². The van der Waals surface area contributed by atoms with Gasteiger partial charge in [-0.2, -0.15) is 10.2 Å². The van der Waals surface area contributed by atoms with E-state index in [-0.39, 0.29) is 6.04 Å². The van der Waals surface area contributed by atoms with Gasteiger partial charge in [-0.05, 0) is 18.8 Å². The van der Waals surface area contributed by atoms with Gasteiger partial charge in [-0.25, -0.2) is 9.69 Å². The summed E-state index contributed by atoms with van der Waals surface area (Å²) >= 11 is 0. The molecule has 0 spiro atoms. The summed E-state index contributed by atoms with van der Waals surface area (Å²) in [6, 6.07) is 1.86. The molecule has 1 N–H and O–H groups in total. The molecule has 3 aliphatic rings. The Morgan fingerprint density at radius 1 is 1.04 bits per heavy atom. The molecule has 3 rings (SSSR count). The Kier molecular flexibility index (Phi) is 5.92. The second-order valence-electron chi connectivity index (χ2n) is 7.91. The van der Waals surface area contributed by atoms with Crippen LogP contribution in [0, 0.1) is 23.2 Å². The summed E-state index contributed by atoms with van der Waals surface area (Å²) in [6.07, 6.45) is 8.81. The quantitative estimate of drug-likeness (QED) is 0.778. The molecule has 7 nitrogen and oxygen atoms in total. The third kappa shape index (κ3) is 3.90. The van der Waals surface area contributed by atoms with Gasteiger partial charge in [0.1, 0.15) is 0 Å². The minimum Gasteiger partial charge on any atom is -0.303 e. The fourth-order valence-electron chi connectivity index (χ4n) is 4.43. The van der Waals surface area contributed by atoms with Gasteiger partial charge in [0, 0.05) is 39.5 Å². The molecule has 0 bridgehead atoms. The Hall–Kier alpha value is -1.94. The van der Waals surface area contributed by atoms with Crippen molar-refractivity contribution in [1.82, 2.24) is 14.7 Å². The highest BCUT2D eigenvalue weighted by Gasteiger charge is 2.47. The first-order valence-corrected chi connectivity index (χ1v) is 9.82. The van der Waals surface area contributed by atoms with Crippen LogP contribution in [0.1, 0.15) is 44.9 Å². The van der Waals surface area contributed by atoms with Gasteiger partial charge in [-0.15, -0.1) is 0 Å². The fraction of sp³-hybridized carbons (Fsp3) is 0.789. The number of amidine groups is 1. The first-order chi connectivity index (χ1) is 12.5. The van der Waals surface area contributed by atoms with E-state index < -0.39 is 17.9 Å². The molecule has 0 aromatic carbocycles. The van der Waals surface area contributed by atoms with Crippen LogP contribution in [0.25, 0.3) is 0 Å². The number of hydrogen-bond donors (Lipinski definition) is 1. The molecular weight excluding hydrogens is 330 g/mol. The lowest BCUT2D eigenvalue weighted by Gasteiger charge is -2.34. The zero-order valence-corrected chi connectivity index (χ0v) is 15.9. The van der Waals surface area contributed by atoms with Crippen LogP contribution < -0.4 is 4.99 Å². The van der Waals surface area contributed by atoms with Gasteiger partial charge in [0.05, 0.1) is 19.2 Å². The molecule has 2 aliphatic heterocycles. The van der Waals surface area contributed by atoms with E-state index >= 15 is 0 Å². The zero-order chi connectivity index (χ0) is 18.7. The van der Waals surface area contributed by atoms with Gasteiger partial charge in [0.25, 0.3) is 11.7 Å². The number of nitrogens with zero attached hydrogens (tertiary/aromatic N) is 4. The third-order valence-corrected chi connectivity index (χ3v) is 6.10. The van der Waals surface area contributed by atoms with Crippen LogP contribution >= 0.6 is 0 Å². The van der Waals surface area contributed by atoms with Crippen LogP contribution in [0.15, 0.2) is 0 Å². The van der Waals surface area contributed by atoms with E-state index in [2.05, 4.69) is 9.89 Å². The number of piperidine rings is 1. The molecule has 3 fully saturated rings. The van der Waals surface area contributed by atoms with Crippen molar-refractivity contribution in [2.45, 2.75) is 51.0 Å². The Morgan fingerprint density at radius 3 is 2.31 bits per heavy atom. The van der Waals surface area contributed by atoms with Crippen LogP contribution in [0.4, 0.5) is 4.79 Å². The summed E-state index contributed by atoms with van der Waals surface area (Å²) in [5, 5.41) is 9.40. The van der Waals surface area contributed by atoms with E-state index in [1.807, 2.05) is 6.07 Å². The van der Waals surface area contributed by atoms with Crippen molar-refractivity contribution in [3.05, 3.63) is 0 Å². The summed E-state index contributed by atoms with van der Waals surface area (Å²) in [6.45, 7) is 3.26. The minimum absolute atomic E-state index is 0.204. The lowest BCUT2D eigenvalue weighted by molar-refractivity contribution is -0.514. The van der Waals surface area contributed by atoms with E-state index in [0.29, 0.717) is 5.84 Å². The standard InChI is InChI=1S/C19H29N5O2/c1-22-17(16(12-20)18(25)23(2)19(22)26)21-15-8-10-24(11-9-15)13-14-6-4-3-5-7-14/h14-16H,3-11,13H2,1-2H3/p+1. The van der Waals surface area contributed by atoms with E-state index in [0.717, 1.165) is 36.7 Å². The summed E-state index contributed by atoms with van der Waals surface area (Å²) in [5.74, 6) is -0.0944. The van der Waals surface area contributed by atoms with Crippen molar-refractivity contribution in [2.75, 3.05) is 33.7 Å². The van der Waals surface area contributed by atoms with Crippen LogP contribution in [-0.2, 0) is 4.79 Å². The van der Waals surface area contributed by atoms with Gasteiger partial charge < -0.3 is 4.90 Å². The van der Waals surface area contributed by atoms with E-state index in [9.17, 15) is 14.9 Å². The van der Waals surface area contributed by atoms with Crippen LogP contribution in [-0.4, -0.2) is 72.2 Å². The molecule has 0 aromatic rings. The zero-order valence-electron chi connectivity index (χ0n) is 15.9. The Balaban J connectivity index is 1.60. The van der Waals surface area contributed by atoms with Crippen molar-refractivity contribution in [3.63, 3.8) is 0 Å². The number of carbonyl (C=O) groups excluding carboxylic acids is 2. The number of rotatable bonds is 3. The second-order valence-corrected chi connectivity index (χ2v) is 7.91. The molecule has 2 saturated heterocycles. The van der Waals surface area contributed by atoms with E-state index in [1.165, 1.54) is 50.6 Å². The monoisotopic (exact) mass is 360 g/mol. The van der Waals surface area contributed by atoms with Crippen molar-refractivity contribution < 1.29 is 14.6 Å². The fourth-order valence-corrected chi connectivity index (χ4v) is 4.43. The van der Waals surface area contributed by atoms with E-state index in [1.54, 1.807) is 7.05 Å². The highest BCUT2D eigenvalue weighted by atomic mass is 16.2. The Labute approximate surface area is 155 Å². The maximum absolute atomic E-state index is 12.2. The largest absolute Gasteiger partial charge is 0.417 e. The average Bonchev–Trinajstić information content (AvgIpc) is 2.67. The number of nitrogens with one attached hydrogen (secondary N) is 1. The molecule has 1 unspecified atom stereocenters. The van der Waals surface area contributed by atoms with Gasteiger partial charge >= 0.3 is 6.03 Å². The van der Waals surface area contributed by atoms with E-state index in [4.69, 9.17) is 0 Å². The highest BCUT2D eigenvalue weighted by Crippen LogP contribution is 2.25. The summed E-state index contributed by atoms with van der Waals surface area (Å²) < 4.78 is 0. The van der Waals surface area contributed by atoms with Gasteiger partial charge in [-0.1, -0.05) is 19.3 Å². The minimum atomic E-state index is -0.928. The Bertz CT molecular complexity index is 612. The smallest absolute Gasteiger partial charge is 0.303 e. The molecule has 0 radical (unpaired) electrons. The highest BCUT2D eigenvalue weighted by molar-refractivity contribution is 6.17. The molecular formula is C19H30N5O2+. The lowest BCUT2D eigenvalue weighted by Crippen LogP contribution is -2.86. The predicted octanol–water partition coefficient (Wildman–Crippen LogP) is 0.174. The van der Waals surface area contributed by atoms with Crippen molar-refractivity contribution in [2.24, 2.45) is 11.8 Å². The molecule has 26 heavy (non-hydrogen) atoms. The number of imide groups is 1. The SMILES string of the molecule is CN1C(=O)C(C#N)C(=[NH+]C2CCN(CC3CCCCC3)CC2)N(C)C1=O. The number of urea groups is 1. The van der Waals surface area contributed by atoms with Gasteiger partial charge in [0.2, 0.25) is 5.92 Å². The van der Waals surface area contributed by atoms with Crippen LogP contribution in [0.3, 0.4) is 0 Å². The molecule has 0 aromatic heterocycles. The molecule has 142 valence electrons. The summed E-state index contributed by atoms with van der Waals surface area (Å²) in [7, 11) is 3.04. The molecule has 3 amide bonds. The first-order valence-electron chi connectivity index (χ1n) is 9.82. The van der Waals surface area contributed by atoms with Crippen molar-refractivity contribution >= 4 is 17.8 Å². The molecule has 7 heteroatoms. The number of carbonyl (C=O) groups is 2.